The molecule has 18 heavy (non-hydrogen) atoms. The summed E-state index contributed by atoms with van der Waals surface area (Å²) in [4.78, 5) is 9.28. The van der Waals surface area contributed by atoms with E-state index in [0.29, 0.717) is 6.04 Å². The summed E-state index contributed by atoms with van der Waals surface area (Å²) in [5.41, 5.74) is 1.39. The Morgan fingerprint density at radius 2 is 2.22 bits per heavy atom. The Balaban J connectivity index is 2.24. The van der Waals surface area contributed by atoms with Gasteiger partial charge in [0.05, 0.1) is 0 Å². The first-order valence-corrected chi connectivity index (χ1v) is 6.96. The normalized spacial score (nSPS) is 20.6. The molecule has 3 heteroatoms. The van der Waals surface area contributed by atoms with Crippen LogP contribution >= 0.6 is 0 Å². The van der Waals surface area contributed by atoms with Crippen LogP contribution in [0.5, 0.6) is 0 Å². The Labute approximate surface area is 111 Å². The molecule has 1 aliphatic rings. The van der Waals surface area contributed by atoms with Crippen molar-refractivity contribution in [1.82, 2.24) is 9.88 Å². The van der Waals surface area contributed by atoms with Gasteiger partial charge < -0.3 is 4.90 Å². The van der Waals surface area contributed by atoms with E-state index in [1.165, 1.54) is 31.5 Å². The van der Waals surface area contributed by atoms with E-state index in [2.05, 4.69) is 54.9 Å². The Morgan fingerprint density at radius 3 is 2.89 bits per heavy atom. The van der Waals surface area contributed by atoms with Gasteiger partial charge in [0.1, 0.15) is 5.82 Å². The quantitative estimate of drug-likeness (QED) is 0.815. The standard InChI is InChI=1S/C15H25N3/c1-12(2)11-18-10-6-8-14(18)13-7-5-9-16-15(13)17(3)4/h5,7,9,12,14H,6,8,10-11H2,1-4H3/t14-/m0/s1. The minimum atomic E-state index is 0.554. The Kier molecular flexibility index (Phi) is 4.23. The second kappa shape index (κ2) is 5.70. The van der Waals surface area contributed by atoms with Crippen LogP contribution in [-0.4, -0.2) is 37.1 Å². The number of pyridine rings is 1. The summed E-state index contributed by atoms with van der Waals surface area (Å²) in [7, 11) is 4.15. The Hall–Kier alpha value is -1.09. The highest BCUT2D eigenvalue weighted by molar-refractivity contribution is 5.47. The van der Waals surface area contributed by atoms with Gasteiger partial charge in [-0.05, 0) is 31.4 Å². The van der Waals surface area contributed by atoms with Crippen LogP contribution in [-0.2, 0) is 0 Å². The minimum Gasteiger partial charge on any atom is -0.362 e. The van der Waals surface area contributed by atoms with Gasteiger partial charge in [-0.3, -0.25) is 4.90 Å². The van der Waals surface area contributed by atoms with E-state index in [-0.39, 0.29) is 0 Å². The lowest BCUT2D eigenvalue weighted by molar-refractivity contribution is 0.229. The van der Waals surface area contributed by atoms with Crippen LogP contribution < -0.4 is 4.90 Å². The van der Waals surface area contributed by atoms with Crippen molar-refractivity contribution in [1.29, 1.82) is 0 Å². The van der Waals surface area contributed by atoms with Crippen LogP contribution in [0.2, 0.25) is 0 Å². The molecule has 0 saturated carbocycles. The number of aromatic nitrogens is 1. The highest BCUT2D eigenvalue weighted by Crippen LogP contribution is 2.36. The molecular formula is C15H25N3. The summed E-state index contributed by atoms with van der Waals surface area (Å²) >= 11 is 0. The molecule has 0 spiro atoms. The van der Waals surface area contributed by atoms with Gasteiger partial charge in [0.15, 0.2) is 0 Å². The molecule has 0 N–H and O–H groups in total. The smallest absolute Gasteiger partial charge is 0.132 e. The summed E-state index contributed by atoms with van der Waals surface area (Å²) in [6.07, 6.45) is 4.46. The van der Waals surface area contributed by atoms with E-state index in [0.717, 1.165) is 11.7 Å². The zero-order chi connectivity index (χ0) is 13.1. The summed E-state index contributed by atoms with van der Waals surface area (Å²) in [5.74, 6) is 1.85. The van der Waals surface area contributed by atoms with Gasteiger partial charge in [-0.25, -0.2) is 4.98 Å². The first kappa shape index (κ1) is 13.3. The van der Waals surface area contributed by atoms with E-state index >= 15 is 0 Å². The van der Waals surface area contributed by atoms with Crippen molar-refractivity contribution in [2.75, 3.05) is 32.1 Å². The predicted octanol–water partition coefficient (Wildman–Crippen LogP) is 2.94. The minimum absolute atomic E-state index is 0.554. The Morgan fingerprint density at radius 1 is 1.44 bits per heavy atom. The molecular weight excluding hydrogens is 222 g/mol. The largest absolute Gasteiger partial charge is 0.362 e. The fourth-order valence-corrected chi connectivity index (χ4v) is 2.91. The molecule has 3 nitrogen and oxygen atoms in total. The number of anilines is 1. The second-order valence-electron chi connectivity index (χ2n) is 5.86. The van der Waals surface area contributed by atoms with Crippen molar-refractivity contribution < 1.29 is 0 Å². The SMILES string of the molecule is CC(C)CN1CCC[C@H]1c1cccnc1N(C)C. The maximum atomic E-state index is 4.54. The summed E-state index contributed by atoms with van der Waals surface area (Å²) in [5, 5.41) is 0. The van der Waals surface area contributed by atoms with Crippen LogP contribution in [0, 0.1) is 5.92 Å². The van der Waals surface area contributed by atoms with E-state index < -0.39 is 0 Å². The van der Waals surface area contributed by atoms with Crippen LogP contribution in [0.15, 0.2) is 18.3 Å². The van der Waals surface area contributed by atoms with Gasteiger partial charge in [-0.2, -0.15) is 0 Å². The molecule has 1 aliphatic heterocycles. The van der Waals surface area contributed by atoms with Crippen molar-refractivity contribution in [3.8, 4) is 0 Å². The van der Waals surface area contributed by atoms with Crippen molar-refractivity contribution >= 4 is 5.82 Å². The maximum absolute atomic E-state index is 4.54. The molecule has 1 atom stereocenters. The van der Waals surface area contributed by atoms with Gasteiger partial charge in [0.25, 0.3) is 0 Å². The van der Waals surface area contributed by atoms with Crippen LogP contribution in [0.4, 0.5) is 5.82 Å². The van der Waals surface area contributed by atoms with Gasteiger partial charge >= 0.3 is 0 Å². The monoisotopic (exact) mass is 247 g/mol. The molecule has 0 aromatic carbocycles. The van der Waals surface area contributed by atoms with Crippen LogP contribution in [0.1, 0.15) is 38.3 Å². The highest BCUT2D eigenvalue weighted by atomic mass is 15.2. The topological polar surface area (TPSA) is 19.4 Å². The molecule has 1 aromatic heterocycles. The van der Waals surface area contributed by atoms with E-state index in [9.17, 15) is 0 Å². The fourth-order valence-electron chi connectivity index (χ4n) is 2.91. The van der Waals surface area contributed by atoms with E-state index in [1.54, 1.807) is 0 Å². The second-order valence-corrected chi connectivity index (χ2v) is 5.86. The molecule has 0 amide bonds. The number of likely N-dealkylation sites (tertiary alicyclic amines) is 1. The third-order valence-electron chi connectivity index (χ3n) is 3.56. The number of hydrogen-bond donors (Lipinski definition) is 0. The molecule has 0 aliphatic carbocycles. The summed E-state index contributed by atoms with van der Waals surface area (Å²) < 4.78 is 0. The zero-order valence-corrected chi connectivity index (χ0v) is 12.1. The number of nitrogens with zero attached hydrogens (tertiary/aromatic N) is 3. The molecule has 1 aromatic rings. The lowest BCUT2D eigenvalue weighted by Crippen LogP contribution is -2.28. The van der Waals surface area contributed by atoms with E-state index in [1.807, 2.05) is 6.20 Å². The molecule has 2 heterocycles. The predicted molar refractivity (Wildman–Crippen MR) is 77.0 cm³/mol. The molecule has 100 valence electrons. The van der Waals surface area contributed by atoms with Crippen molar-refractivity contribution in [2.24, 2.45) is 5.92 Å². The van der Waals surface area contributed by atoms with Gasteiger partial charge in [0, 0.05) is 38.4 Å². The lowest BCUT2D eigenvalue weighted by Gasteiger charge is -2.28. The zero-order valence-electron chi connectivity index (χ0n) is 12.1. The van der Waals surface area contributed by atoms with Crippen molar-refractivity contribution in [2.45, 2.75) is 32.7 Å². The molecule has 1 saturated heterocycles. The average molecular weight is 247 g/mol. The van der Waals surface area contributed by atoms with Crippen LogP contribution in [0.3, 0.4) is 0 Å². The summed E-state index contributed by atoms with van der Waals surface area (Å²) in [6, 6.07) is 4.86. The van der Waals surface area contributed by atoms with Gasteiger partial charge in [-0.15, -0.1) is 0 Å². The summed E-state index contributed by atoms with van der Waals surface area (Å²) in [6.45, 7) is 7.01. The van der Waals surface area contributed by atoms with Gasteiger partial charge in [0.2, 0.25) is 0 Å². The molecule has 2 rings (SSSR count). The third-order valence-corrected chi connectivity index (χ3v) is 3.56. The van der Waals surface area contributed by atoms with Crippen molar-refractivity contribution in [3.63, 3.8) is 0 Å². The number of hydrogen-bond acceptors (Lipinski definition) is 3. The Bertz CT molecular complexity index is 387. The van der Waals surface area contributed by atoms with Crippen molar-refractivity contribution in [3.05, 3.63) is 23.9 Å². The molecule has 0 bridgehead atoms. The highest BCUT2D eigenvalue weighted by Gasteiger charge is 2.28. The molecule has 1 fully saturated rings. The number of rotatable bonds is 4. The van der Waals surface area contributed by atoms with Crippen LogP contribution in [0.25, 0.3) is 0 Å². The lowest BCUT2D eigenvalue weighted by atomic mass is 10.0. The van der Waals surface area contributed by atoms with E-state index in [4.69, 9.17) is 0 Å². The first-order valence-electron chi connectivity index (χ1n) is 6.96. The molecule has 0 radical (unpaired) electrons. The first-order chi connectivity index (χ1) is 8.59. The average Bonchev–Trinajstić information content (AvgIpc) is 2.76. The maximum Gasteiger partial charge on any atom is 0.132 e. The fraction of sp³-hybridized carbons (Fsp3) is 0.667. The van der Waals surface area contributed by atoms with Gasteiger partial charge in [-0.1, -0.05) is 19.9 Å². The third kappa shape index (κ3) is 2.83. The molecule has 0 unspecified atom stereocenters.